The van der Waals surface area contributed by atoms with Crippen LogP contribution in [0.15, 0.2) is 35.0 Å². The third-order valence-corrected chi connectivity index (χ3v) is 4.96. The first kappa shape index (κ1) is 15.8. The first-order valence-electron chi connectivity index (χ1n) is 7.59. The molecule has 0 aliphatic rings. The number of carbonyl (C=O) groups is 1. The number of aromatic amines is 1. The normalized spacial score (nSPS) is 12.6. The summed E-state index contributed by atoms with van der Waals surface area (Å²) in [6.45, 7) is 4.85. The van der Waals surface area contributed by atoms with E-state index in [1.54, 1.807) is 11.3 Å². The Balaban J connectivity index is 1.78. The highest BCUT2D eigenvalue weighted by atomic mass is 32.1. The van der Waals surface area contributed by atoms with Crippen molar-refractivity contribution in [2.24, 2.45) is 0 Å². The van der Waals surface area contributed by atoms with E-state index in [2.05, 4.69) is 42.3 Å². The number of rotatable bonds is 6. The van der Waals surface area contributed by atoms with E-state index < -0.39 is 5.97 Å². The highest BCUT2D eigenvalue weighted by Crippen LogP contribution is 2.24. The van der Waals surface area contributed by atoms with Gasteiger partial charge in [0.15, 0.2) is 0 Å². The monoisotopic (exact) mass is 328 g/mol. The maximum absolute atomic E-state index is 11.1. The fourth-order valence-corrected chi connectivity index (χ4v) is 3.51. The Labute approximate surface area is 139 Å². The summed E-state index contributed by atoms with van der Waals surface area (Å²) in [5, 5.41) is 17.7. The van der Waals surface area contributed by atoms with Crippen molar-refractivity contribution >= 4 is 28.2 Å². The number of benzene rings is 1. The predicted octanol–water partition coefficient (Wildman–Crippen LogP) is 4.15. The highest BCUT2D eigenvalue weighted by molar-refractivity contribution is 7.07. The van der Waals surface area contributed by atoms with E-state index in [1.807, 2.05) is 16.8 Å². The minimum atomic E-state index is -0.795. The molecular weight excluding hydrogens is 308 g/mol. The maximum Gasteiger partial charge on any atom is 0.305 e. The molecule has 3 aromatic rings. The van der Waals surface area contributed by atoms with Crippen LogP contribution in [0.3, 0.4) is 0 Å². The van der Waals surface area contributed by atoms with E-state index in [1.165, 1.54) is 16.5 Å². The summed E-state index contributed by atoms with van der Waals surface area (Å²) in [6, 6.07) is 8.16. The molecule has 0 fully saturated rings. The van der Waals surface area contributed by atoms with Gasteiger partial charge >= 0.3 is 5.97 Å². The summed E-state index contributed by atoms with van der Waals surface area (Å²) < 4.78 is 0. The van der Waals surface area contributed by atoms with Crippen molar-refractivity contribution in [1.82, 2.24) is 10.3 Å². The minimum Gasteiger partial charge on any atom is -0.481 e. The molecule has 23 heavy (non-hydrogen) atoms. The fourth-order valence-electron chi connectivity index (χ4n) is 2.80. The topological polar surface area (TPSA) is 65.1 Å². The van der Waals surface area contributed by atoms with Crippen LogP contribution in [0.5, 0.6) is 0 Å². The highest BCUT2D eigenvalue weighted by Gasteiger charge is 2.16. The minimum absolute atomic E-state index is 0.0785. The molecule has 0 aliphatic carbocycles. The smallest absolute Gasteiger partial charge is 0.305 e. The van der Waals surface area contributed by atoms with Crippen molar-refractivity contribution in [1.29, 1.82) is 0 Å². The van der Waals surface area contributed by atoms with E-state index in [4.69, 9.17) is 5.11 Å². The van der Waals surface area contributed by atoms with Crippen LogP contribution in [-0.2, 0) is 11.3 Å². The number of thiophene rings is 1. The van der Waals surface area contributed by atoms with E-state index in [0.29, 0.717) is 6.54 Å². The zero-order valence-corrected chi connectivity index (χ0v) is 14.0. The third kappa shape index (κ3) is 3.46. The SMILES string of the molecule is Cc1ccc2[nH]c(CNC(CC(=O)O)c3ccsc3)cc2c1C. The molecule has 0 radical (unpaired) electrons. The van der Waals surface area contributed by atoms with Gasteiger partial charge in [-0.3, -0.25) is 4.79 Å². The number of carboxylic acid groups (broad SMARTS) is 1. The van der Waals surface area contributed by atoms with E-state index in [9.17, 15) is 4.79 Å². The number of aromatic nitrogens is 1. The number of nitrogens with one attached hydrogen (secondary N) is 2. The van der Waals surface area contributed by atoms with Gasteiger partial charge in [-0.1, -0.05) is 6.07 Å². The Hall–Kier alpha value is -2.11. The van der Waals surface area contributed by atoms with Crippen LogP contribution in [0.2, 0.25) is 0 Å². The third-order valence-electron chi connectivity index (χ3n) is 4.26. The Bertz CT molecular complexity index is 821. The fraction of sp³-hybridized carbons (Fsp3) is 0.278. The molecule has 4 nitrogen and oxygen atoms in total. The number of hydrogen-bond acceptors (Lipinski definition) is 3. The summed E-state index contributed by atoms with van der Waals surface area (Å²) in [4.78, 5) is 14.5. The summed E-state index contributed by atoms with van der Waals surface area (Å²) in [5.74, 6) is -0.795. The van der Waals surface area contributed by atoms with Gasteiger partial charge in [-0.25, -0.2) is 0 Å². The average Bonchev–Trinajstić information content (AvgIpc) is 3.16. The van der Waals surface area contributed by atoms with Crippen LogP contribution in [0.1, 0.15) is 34.8 Å². The second-order valence-electron chi connectivity index (χ2n) is 5.85. The lowest BCUT2D eigenvalue weighted by Gasteiger charge is -2.15. The standard InChI is InChI=1S/C18H20N2O2S/c1-11-3-4-16-15(12(11)2)7-14(20-16)9-19-17(8-18(21)22)13-5-6-23-10-13/h3-7,10,17,19-20H,8-9H2,1-2H3,(H,21,22). The molecule has 2 heterocycles. The molecule has 0 saturated heterocycles. The lowest BCUT2D eigenvalue weighted by molar-refractivity contribution is -0.137. The maximum atomic E-state index is 11.1. The quantitative estimate of drug-likeness (QED) is 0.637. The second-order valence-corrected chi connectivity index (χ2v) is 6.63. The number of hydrogen-bond donors (Lipinski definition) is 3. The summed E-state index contributed by atoms with van der Waals surface area (Å²) in [5.41, 5.74) is 5.78. The van der Waals surface area contributed by atoms with Crippen molar-refractivity contribution in [2.45, 2.75) is 32.9 Å². The Morgan fingerprint density at radius 1 is 1.35 bits per heavy atom. The van der Waals surface area contributed by atoms with Crippen LogP contribution in [0.4, 0.5) is 0 Å². The molecular formula is C18H20N2O2S. The molecule has 1 unspecified atom stereocenters. The van der Waals surface area contributed by atoms with Crippen LogP contribution >= 0.6 is 11.3 Å². The molecule has 2 aromatic heterocycles. The molecule has 0 saturated carbocycles. The molecule has 5 heteroatoms. The number of aliphatic carboxylic acids is 1. The summed E-state index contributed by atoms with van der Waals surface area (Å²) >= 11 is 1.58. The van der Waals surface area contributed by atoms with Gasteiger partial charge in [-0.15, -0.1) is 0 Å². The van der Waals surface area contributed by atoms with Crippen LogP contribution < -0.4 is 5.32 Å². The lowest BCUT2D eigenvalue weighted by Crippen LogP contribution is -2.23. The largest absolute Gasteiger partial charge is 0.481 e. The molecule has 0 spiro atoms. The summed E-state index contributed by atoms with van der Waals surface area (Å²) in [6.07, 6.45) is 0.0785. The molecule has 0 bridgehead atoms. The first-order valence-corrected chi connectivity index (χ1v) is 8.54. The van der Waals surface area contributed by atoms with E-state index >= 15 is 0 Å². The van der Waals surface area contributed by atoms with E-state index in [-0.39, 0.29) is 12.5 Å². The first-order chi connectivity index (χ1) is 11.0. The van der Waals surface area contributed by atoms with Gasteiger partial charge in [-0.2, -0.15) is 11.3 Å². The van der Waals surface area contributed by atoms with Gasteiger partial charge in [0.25, 0.3) is 0 Å². The van der Waals surface area contributed by atoms with Gasteiger partial charge in [0.05, 0.1) is 6.42 Å². The predicted molar refractivity (Wildman–Crippen MR) is 93.9 cm³/mol. The van der Waals surface area contributed by atoms with Crippen LogP contribution in [0.25, 0.3) is 10.9 Å². The summed E-state index contributed by atoms with van der Waals surface area (Å²) in [7, 11) is 0. The number of aryl methyl sites for hydroxylation is 2. The number of H-pyrrole nitrogens is 1. The number of carboxylic acids is 1. The molecule has 0 aliphatic heterocycles. The Kier molecular flexibility index (Phi) is 4.50. The molecule has 1 atom stereocenters. The van der Waals surface area contributed by atoms with Crippen molar-refractivity contribution in [3.63, 3.8) is 0 Å². The van der Waals surface area contributed by atoms with Crippen molar-refractivity contribution in [3.8, 4) is 0 Å². The number of fused-ring (bicyclic) bond motifs is 1. The van der Waals surface area contributed by atoms with Crippen molar-refractivity contribution in [2.75, 3.05) is 0 Å². The zero-order valence-electron chi connectivity index (χ0n) is 13.2. The Morgan fingerprint density at radius 2 is 2.17 bits per heavy atom. The van der Waals surface area contributed by atoms with Gasteiger partial charge in [-0.05, 0) is 59.5 Å². The average molecular weight is 328 g/mol. The second kappa shape index (κ2) is 6.56. The van der Waals surface area contributed by atoms with Gasteiger partial charge in [0, 0.05) is 29.2 Å². The van der Waals surface area contributed by atoms with Crippen LogP contribution in [0, 0.1) is 13.8 Å². The van der Waals surface area contributed by atoms with Crippen LogP contribution in [-0.4, -0.2) is 16.1 Å². The molecule has 3 N–H and O–H groups in total. The molecule has 0 amide bonds. The van der Waals surface area contributed by atoms with Gasteiger partial charge in [0.1, 0.15) is 0 Å². The van der Waals surface area contributed by atoms with Gasteiger partial charge in [0.2, 0.25) is 0 Å². The zero-order chi connectivity index (χ0) is 16.4. The molecule has 3 rings (SSSR count). The molecule has 120 valence electrons. The lowest BCUT2D eigenvalue weighted by atomic mass is 10.1. The van der Waals surface area contributed by atoms with E-state index in [0.717, 1.165) is 16.8 Å². The molecule has 1 aromatic carbocycles. The Morgan fingerprint density at radius 3 is 2.87 bits per heavy atom. The van der Waals surface area contributed by atoms with Crippen molar-refractivity contribution in [3.05, 3.63) is 57.4 Å². The van der Waals surface area contributed by atoms with Crippen molar-refractivity contribution < 1.29 is 9.90 Å². The van der Waals surface area contributed by atoms with Gasteiger partial charge < -0.3 is 15.4 Å².